The number of aliphatic hydroxyl groups excluding tert-OH is 1. The van der Waals surface area contributed by atoms with E-state index in [4.69, 9.17) is 14.2 Å². The number of hydrogen-bond acceptors (Lipinski definition) is 8. The molecule has 0 aromatic heterocycles. The topological polar surface area (TPSA) is 116 Å². The average molecular weight is 420 g/mol. The van der Waals surface area contributed by atoms with Crippen molar-refractivity contribution in [3.05, 3.63) is 35.5 Å². The van der Waals surface area contributed by atoms with Crippen LogP contribution in [0.4, 0.5) is 0 Å². The van der Waals surface area contributed by atoms with Crippen molar-refractivity contribution in [2.45, 2.75) is 58.3 Å². The molecule has 2 rings (SSSR count). The lowest BCUT2D eigenvalue weighted by Gasteiger charge is -2.33. The smallest absolute Gasteiger partial charge is 0.334 e. The van der Waals surface area contributed by atoms with Gasteiger partial charge in [-0.2, -0.15) is 0 Å². The number of esters is 3. The Kier molecular flexibility index (Phi) is 8.11. The molecule has 0 aromatic carbocycles. The van der Waals surface area contributed by atoms with Crippen LogP contribution in [0.3, 0.4) is 0 Å². The molecular formula is C22H28O8. The van der Waals surface area contributed by atoms with Crippen LogP contribution in [0, 0.1) is 11.8 Å². The summed E-state index contributed by atoms with van der Waals surface area (Å²) in [6.07, 6.45) is 1.70. The Balaban J connectivity index is 2.63. The standard InChI is InChI=1S/C22H28O8/c1-5-12(2)21(26)30-20-18-13(3)22(27)29-17(18)9-15(10-23)7-6-8-16(11-24)19(20)28-14(4)25/h8-9,11-12,17-20,23H,3,5-7,10H2,1-2,4H3/b15-9-,16-8+/t12-,17+,18+,19+,20-/m1/s1. The number of carbonyl (C=O) groups is 4. The summed E-state index contributed by atoms with van der Waals surface area (Å²) >= 11 is 0. The Bertz CT molecular complexity index is 778. The number of aliphatic hydroxyl groups is 1. The van der Waals surface area contributed by atoms with E-state index in [0.717, 1.165) is 0 Å². The molecule has 0 saturated carbocycles. The minimum absolute atomic E-state index is 0.0402. The Morgan fingerprint density at radius 3 is 2.67 bits per heavy atom. The van der Waals surface area contributed by atoms with Gasteiger partial charge in [0.2, 0.25) is 0 Å². The van der Waals surface area contributed by atoms with Crippen LogP contribution >= 0.6 is 0 Å². The van der Waals surface area contributed by atoms with E-state index in [-0.39, 0.29) is 17.8 Å². The highest BCUT2D eigenvalue weighted by Gasteiger charge is 2.49. The van der Waals surface area contributed by atoms with E-state index in [1.165, 1.54) is 6.92 Å². The number of fused-ring (bicyclic) bond motifs is 1. The van der Waals surface area contributed by atoms with Crippen molar-refractivity contribution in [2.75, 3.05) is 6.61 Å². The molecule has 1 N–H and O–H groups in total. The first-order valence-electron chi connectivity index (χ1n) is 9.96. The van der Waals surface area contributed by atoms with Crippen molar-refractivity contribution in [3.63, 3.8) is 0 Å². The molecule has 0 bridgehead atoms. The van der Waals surface area contributed by atoms with E-state index >= 15 is 0 Å². The molecule has 1 aliphatic heterocycles. The summed E-state index contributed by atoms with van der Waals surface area (Å²) in [6.45, 7) is 8.20. The fourth-order valence-corrected chi connectivity index (χ4v) is 3.48. The summed E-state index contributed by atoms with van der Waals surface area (Å²) in [7, 11) is 0. The van der Waals surface area contributed by atoms with Crippen LogP contribution in [-0.2, 0) is 33.4 Å². The largest absolute Gasteiger partial charge is 0.457 e. The quantitative estimate of drug-likeness (QED) is 0.227. The molecule has 0 unspecified atom stereocenters. The zero-order valence-electron chi connectivity index (χ0n) is 17.5. The second-order valence-corrected chi connectivity index (χ2v) is 7.51. The van der Waals surface area contributed by atoms with E-state index in [1.807, 2.05) is 6.92 Å². The van der Waals surface area contributed by atoms with E-state index in [0.29, 0.717) is 31.1 Å². The molecule has 164 valence electrons. The molecule has 0 radical (unpaired) electrons. The van der Waals surface area contributed by atoms with Gasteiger partial charge < -0.3 is 19.3 Å². The first-order chi connectivity index (χ1) is 14.2. The summed E-state index contributed by atoms with van der Waals surface area (Å²) in [6, 6.07) is 0. The summed E-state index contributed by atoms with van der Waals surface area (Å²) in [5.41, 5.74) is 0.752. The van der Waals surface area contributed by atoms with Crippen LogP contribution in [0.25, 0.3) is 0 Å². The van der Waals surface area contributed by atoms with Gasteiger partial charge in [-0.25, -0.2) is 4.79 Å². The molecule has 1 fully saturated rings. The molecule has 1 heterocycles. The number of hydrogen-bond donors (Lipinski definition) is 1. The minimum Gasteiger partial charge on any atom is -0.457 e. The van der Waals surface area contributed by atoms with Gasteiger partial charge in [-0.15, -0.1) is 0 Å². The molecule has 30 heavy (non-hydrogen) atoms. The number of aldehydes is 1. The third-order valence-electron chi connectivity index (χ3n) is 5.39. The lowest BCUT2D eigenvalue weighted by Crippen LogP contribution is -2.45. The van der Waals surface area contributed by atoms with Gasteiger partial charge in [-0.1, -0.05) is 26.5 Å². The molecule has 8 heteroatoms. The van der Waals surface area contributed by atoms with Gasteiger partial charge in [-0.05, 0) is 30.9 Å². The van der Waals surface area contributed by atoms with Crippen molar-refractivity contribution in [2.24, 2.45) is 11.8 Å². The Labute approximate surface area is 175 Å². The Morgan fingerprint density at radius 1 is 1.40 bits per heavy atom. The van der Waals surface area contributed by atoms with Crippen LogP contribution in [0.1, 0.15) is 40.0 Å². The number of carbonyl (C=O) groups excluding carboxylic acids is 4. The highest BCUT2D eigenvalue weighted by Crippen LogP contribution is 2.37. The van der Waals surface area contributed by atoms with Gasteiger partial charge in [0.05, 0.1) is 18.4 Å². The molecular weight excluding hydrogens is 392 g/mol. The summed E-state index contributed by atoms with van der Waals surface area (Å²) < 4.78 is 16.5. The first kappa shape index (κ1) is 23.5. The van der Waals surface area contributed by atoms with Gasteiger partial charge in [0.1, 0.15) is 12.4 Å². The molecule has 0 aromatic rings. The van der Waals surface area contributed by atoms with Crippen LogP contribution in [0.5, 0.6) is 0 Å². The van der Waals surface area contributed by atoms with Gasteiger partial charge in [0, 0.05) is 18.1 Å². The SMILES string of the molecule is C=C1C(=O)O[C@H]2/C=C(\CO)CC/C=C(\C=O)[C@H](OC(C)=O)[C@H](OC(=O)[C@H](C)CC)[C@@H]12. The predicted octanol–water partition coefficient (Wildman–Crippen LogP) is 1.81. The Morgan fingerprint density at radius 2 is 2.10 bits per heavy atom. The van der Waals surface area contributed by atoms with E-state index in [9.17, 15) is 24.3 Å². The molecule has 2 aliphatic rings. The van der Waals surface area contributed by atoms with Crippen molar-refractivity contribution in [1.29, 1.82) is 0 Å². The minimum atomic E-state index is -1.23. The average Bonchev–Trinajstić information content (AvgIpc) is 2.99. The fraction of sp³-hybridized carbons (Fsp3) is 0.545. The van der Waals surface area contributed by atoms with Crippen molar-refractivity contribution >= 4 is 24.2 Å². The molecule has 1 aliphatic carbocycles. The summed E-state index contributed by atoms with van der Waals surface area (Å²) in [5, 5.41) is 9.66. The van der Waals surface area contributed by atoms with Gasteiger partial charge in [0.15, 0.2) is 12.2 Å². The maximum absolute atomic E-state index is 12.6. The molecule has 0 spiro atoms. The van der Waals surface area contributed by atoms with Crippen molar-refractivity contribution in [3.8, 4) is 0 Å². The first-order valence-corrected chi connectivity index (χ1v) is 9.96. The zero-order chi connectivity index (χ0) is 22.4. The molecule has 8 nitrogen and oxygen atoms in total. The Hall–Kier alpha value is -2.74. The molecule has 0 amide bonds. The predicted molar refractivity (Wildman–Crippen MR) is 106 cm³/mol. The number of ether oxygens (including phenoxy) is 3. The van der Waals surface area contributed by atoms with Crippen molar-refractivity contribution < 1.29 is 38.5 Å². The second kappa shape index (κ2) is 10.3. The van der Waals surface area contributed by atoms with E-state index < -0.39 is 48.1 Å². The normalized spacial score (nSPS) is 31.2. The lowest BCUT2D eigenvalue weighted by atomic mass is 9.83. The van der Waals surface area contributed by atoms with Crippen LogP contribution < -0.4 is 0 Å². The number of allylic oxidation sites excluding steroid dienone is 1. The van der Waals surface area contributed by atoms with Crippen molar-refractivity contribution in [1.82, 2.24) is 0 Å². The third-order valence-corrected chi connectivity index (χ3v) is 5.39. The van der Waals surface area contributed by atoms with Crippen LogP contribution in [-0.4, -0.2) is 54.2 Å². The van der Waals surface area contributed by atoms with Gasteiger partial charge in [0.25, 0.3) is 0 Å². The molecule has 5 atom stereocenters. The van der Waals surface area contributed by atoms with Gasteiger partial charge >= 0.3 is 17.9 Å². The monoisotopic (exact) mass is 420 g/mol. The lowest BCUT2D eigenvalue weighted by molar-refractivity contribution is -0.171. The van der Waals surface area contributed by atoms with E-state index in [2.05, 4.69) is 6.58 Å². The zero-order valence-corrected chi connectivity index (χ0v) is 17.5. The maximum atomic E-state index is 12.6. The highest BCUT2D eigenvalue weighted by molar-refractivity contribution is 5.91. The van der Waals surface area contributed by atoms with Crippen LogP contribution in [0.2, 0.25) is 0 Å². The highest BCUT2D eigenvalue weighted by atomic mass is 16.6. The maximum Gasteiger partial charge on any atom is 0.334 e. The van der Waals surface area contributed by atoms with E-state index in [1.54, 1.807) is 19.1 Å². The summed E-state index contributed by atoms with van der Waals surface area (Å²) in [5.74, 6) is -3.25. The van der Waals surface area contributed by atoms with Gasteiger partial charge in [-0.3, -0.25) is 14.4 Å². The van der Waals surface area contributed by atoms with Crippen LogP contribution in [0.15, 0.2) is 35.5 Å². The number of rotatable bonds is 6. The fourth-order valence-electron chi connectivity index (χ4n) is 3.48. The summed E-state index contributed by atoms with van der Waals surface area (Å²) in [4.78, 5) is 48.6. The third kappa shape index (κ3) is 5.24. The molecule has 1 saturated heterocycles. The second-order valence-electron chi connectivity index (χ2n) is 7.51.